The molecule has 0 radical (unpaired) electrons. The predicted molar refractivity (Wildman–Crippen MR) is 112 cm³/mol. The van der Waals surface area contributed by atoms with Gasteiger partial charge in [-0.25, -0.2) is 9.59 Å². The standard InChI is InChI=1S/C24H22N2O4/c1-15-10-16(13-25-12-15)11-22(23(27)28)26-24(29)30-14-21-19-8-4-2-6-17(19)18-7-3-5-9-20(18)21/h2-10,12-13,21-22H,11,14H2,1H3,(H,26,29)(H,27,28)/t22-/m0/s1. The van der Waals surface area contributed by atoms with Gasteiger partial charge in [0.1, 0.15) is 12.6 Å². The fraction of sp³-hybridized carbons (Fsp3) is 0.208. The van der Waals surface area contributed by atoms with Crippen LogP contribution in [0.1, 0.15) is 28.2 Å². The van der Waals surface area contributed by atoms with Gasteiger partial charge in [-0.1, -0.05) is 54.6 Å². The Labute approximate surface area is 174 Å². The number of carboxylic acids is 1. The Morgan fingerprint density at radius 1 is 1.07 bits per heavy atom. The van der Waals surface area contributed by atoms with Crippen LogP contribution >= 0.6 is 0 Å². The van der Waals surface area contributed by atoms with Crippen molar-refractivity contribution in [3.05, 3.63) is 89.2 Å². The van der Waals surface area contributed by atoms with E-state index in [-0.39, 0.29) is 18.9 Å². The van der Waals surface area contributed by atoms with Crippen LogP contribution in [0.3, 0.4) is 0 Å². The summed E-state index contributed by atoms with van der Waals surface area (Å²) in [5.41, 5.74) is 6.15. The highest BCUT2D eigenvalue weighted by atomic mass is 16.5. The molecule has 2 N–H and O–H groups in total. The Morgan fingerprint density at radius 3 is 2.30 bits per heavy atom. The summed E-state index contributed by atoms with van der Waals surface area (Å²) in [6.45, 7) is 2.02. The number of benzene rings is 2. The smallest absolute Gasteiger partial charge is 0.407 e. The average molecular weight is 402 g/mol. The van der Waals surface area contributed by atoms with Crippen molar-refractivity contribution >= 4 is 12.1 Å². The number of carbonyl (C=O) groups is 2. The molecule has 2 aromatic carbocycles. The number of pyridine rings is 1. The molecule has 0 aliphatic heterocycles. The Kier molecular flexibility index (Phi) is 5.48. The average Bonchev–Trinajstić information content (AvgIpc) is 3.06. The second kappa shape index (κ2) is 8.37. The van der Waals surface area contributed by atoms with E-state index < -0.39 is 18.1 Å². The molecule has 0 spiro atoms. The zero-order valence-electron chi connectivity index (χ0n) is 16.5. The van der Waals surface area contributed by atoms with Crippen LogP contribution in [0.4, 0.5) is 4.79 Å². The lowest BCUT2D eigenvalue weighted by Gasteiger charge is -2.17. The van der Waals surface area contributed by atoms with Crippen molar-refractivity contribution in [3.63, 3.8) is 0 Å². The van der Waals surface area contributed by atoms with E-state index in [2.05, 4.69) is 22.4 Å². The van der Waals surface area contributed by atoms with E-state index in [0.717, 1.165) is 33.4 Å². The van der Waals surface area contributed by atoms with Crippen LogP contribution in [-0.4, -0.2) is 34.8 Å². The van der Waals surface area contributed by atoms with Crippen molar-refractivity contribution in [1.29, 1.82) is 0 Å². The molecule has 0 saturated heterocycles. The summed E-state index contributed by atoms with van der Waals surface area (Å²) in [5.74, 6) is -1.20. The maximum atomic E-state index is 12.4. The summed E-state index contributed by atoms with van der Waals surface area (Å²) in [4.78, 5) is 28.1. The third kappa shape index (κ3) is 4.03. The fourth-order valence-corrected chi connectivity index (χ4v) is 3.95. The minimum Gasteiger partial charge on any atom is -0.480 e. The highest BCUT2D eigenvalue weighted by molar-refractivity contribution is 5.81. The number of aromatic nitrogens is 1. The van der Waals surface area contributed by atoms with Gasteiger partial charge in [0, 0.05) is 24.7 Å². The molecule has 1 heterocycles. The largest absolute Gasteiger partial charge is 0.480 e. The molecule has 6 heteroatoms. The van der Waals surface area contributed by atoms with Crippen molar-refractivity contribution < 1.29 is 19.4 Å². The van der Waals surface area contributed by atoms with Crippen molar-refractivity contribution in [2.24, 2.45) is 0 Å². The van der Waals surface area contributed by atoms with Crippen LogP contribution in [0.2, 0.25) is 0 Å². The summed E-state index contributed by atoms with van der Waals surface area (Å²) in [6.07, 6.45) is 2.68. The van der Waals surface area contributed by atoms with Gasteiger partial charge in [0.15, 0.2) is 0 Å². The van der Waals surface area contributed by atoms with Gasteiger partial charge < -0.3 is 15.2 Å². The van der Waals surface area contributed by atoms with Gasteiger partial charge >= 0.3 is 12.1 Å². The number of hydrogen-bond acceptors (Lipinski definition) is 4. The minimum atomic E-state index is -1.12. The van der Waals surface area contributed by atoms with E-state index in [4.69, 9.17) is 4.74 Å². The first kappa shape index (κ1) is 19.6. The maximum absolute atomic E-state index is 12.4. The van der Waals surface area contributed by atoms with Crippen LogP contribution in [0.5, 0.6) is 0 Å². The highest BCUT2D eigenvalue weighted by Crippen LogP contribution is 2.44. The first-order chi connectivity index (χ1) is 14.5. The third-order valence-corrected chi connectivity index (χ3v) is 5.31. The van der Waals surface area contributed by atoms with Crippen LogP contribution in [0.25, 0.3) is 11.1 Å². The SMILES string of the molecule is Cc1cncc(C[C@H](NC(=O)OCC2c3ccccc3-c3ccccc32)C(=O)O)c1. The topological polar surface area (TPSA) is 88.5 Å². The summed E-state index contributed by atoms with van der Waals surface area (Å²) in [5, 5.41) is 12.0. The number of ether oxygens (including phenoxy) is 1. The summed E-state index contributed by atoms with van der Waals surface area (Å²) in [7, 11) is 0. The van der Waals surface area contributed by atoms with Crippen molar-refractivity contribution in [2.45, 2.75) is 25.3 Å². The number of fused-ring (bicyclic) bond motifs is 3. The fourth-order valence-electron chi connectivity index (χ4n) is 3.95. The Balaban J connectivity index is 1.43. The number of rotatable bonds is 6. The molecule has 1 atom stereocenters. The number of nitrogens with zero attached hydrogens (tertiary/aromatic N) is 1. The van der Waals surface area contributed by atoms with Gasteiger partial charge in [-0.05, 0) is 40.3 Å². The lowest BCUT2D eigenvalue weighted by molar-refractivity contribution is -0.139. The first-order valence-electron chi connectivity index (χ1n) is 9.78. The molecule has 1 aliphatic rings. The second-order valence-corrected chi connectivity index (χ2v) is 7.44. The molecule has 0 unspecified atom stereocenters. The van der Waals surface area contributed by atoms with Crippen LogP contribution < -0.4 is 5.32 Å². The number of amides is 1. The van der Waals surface area contributed by atoms with E-state index in [1.165, 1.54) is 0 Å². The van der Waals surface area contributed by atoms with Gasteiger partial charge in [-0.3, -0.25) is 4.98 Å². The number of carboxylic acid groups (broad SMARTS) is 1. The van der Waals surface area contributed by atoms with E-state index in [0.29, 0.717) is 0 Å². The lowest BCUT2D eigenvalue weighted by Crippen LogP contribution is -2.43. The van der Waals surface area contributed by atoms with Gasteiger partial charge in [0.05, 0.1) is 0 Å². The van der Waals surface area contributed by atoms with E-state index in [9.17, 15) is 14.7 Å². The minimum absolute atomic E-state index is 0.0765. The molecule has 3 aromatic rings. The summed E-state index contributed by atoms with van der Waals surface area (Å²) < 4.78 is 5.45. The van der Waals surface area contributed by atoms with Gasteiger partial charge in [0.25, 0.3) is 0 Å². The number of aryl methyl sites for hydroxylation is 1. The quantitative estimate of drug-likeness (QED) is 0.652. The lowest BCUT2D eigenvalue weighted by atomic mass is 9.98. The molecule has 4 rings (SSSR count). The number of nitrogens with one attached hydrogen (secondary N) is 1. The summed E-state index contributed by atoms with van der Waals surface area (Å²) in [6, 6.07) is 16.9. The molecular formula is C24H22N2O4. The number of aliphatic carboxylic acids is 1. The number of hydrogen-bond donors (Lipinski definition) is 2. The third-order valence-electron chi connectivity index (χ3n) is 5.31. The maximum Gasteiger partial charge on any atom is 0.407 e. The Morgan fingerprint density at radius 2 is 1.70 bits per heavy atom. The molecule has 152 valence electrons. The van der Waals surface area contributed by atoms with Gasteiger partial charge in [-0.2, -0.15) is 0 Å². The predicted octanol–water partition coefficient (Wildman–Crippen LogP) is 3.92. The molecule has 0 fully saturated rings. The van der Waals surface area contributed by atoms with E-state index >= 15 is 0 Å². The Hall–Kier alpha value is -3.67. The molecule has 0 bridgehead atoms. The molecule has 1 aliphatic carbocycles. The molecule has 1 aromatic heterocycles. The zero-order valence-corrected chi connectivity index (χ0v) is 16.5. The van der Waals surface area contributed by atoms with Crippen molar-refractivity contribution in [3.8, 4) is 11.1 Å². The normalized spacial score (nSPS) is 13.2. The number of alkyl carbamates (subject to hydrolysis) is 1. The Bertz CT molecular complexity index is 1050. The zero-order chi connectivity index (χ0) is 21.1. The highest BCUT2D eigenvalue weighted by Gasteiger charge is 2.29. The second-order valence-electron chi connectivity index (χ2n) is 7.44. The van der Waals surface area contributed by atoms with Crippen LogP contribution in [0, 0.1) is 6.92 Å². The molecular weight excluding hydrogens is 380 g/mol. The van der Waals surface area contributed by atoms with Gasteiger partial charge in [-0.15, -0.1) is 0 Å². The van der Waals surface area contributed by atoms with Gasteiger partial charge in [0.2, 0.25) is 0 Å². The van der Waals surface area contributed by atoms with Crippen LogP contribution in [0.15, 0.2) is 67.0 Å². The van der Waals surface area contributed by atoms with Crippen molar-refractivity contribution in [1.82, 2.24) is 10.3 Å². The molecule has 0 saturated carbocycles. The van der Waals surface area contributed by atoms with Crippen LogP contribution in [-0.2, 0) is 16.0 Å². The number of carbonyl (C=O) groups excluding carboxylic acids is 1. The summed E-state index contributed by atoms with van der Waals surface area (Å²) >= 11 is 0. The monoisotopic (exact) mass is 402 g/mol. The molecule has 6 nitrogen and oxygen atoms in total. The van der Waals surface area contributed by atoms with E-state index in [1.54, 1.807) is 12.4 Å². The van der Waals surface area contributed by atoms with Crippen molar-refractivity contribution in [2.75, 3.05) is 6.61 Å². The molecule has 1 amide bonds. The molecule has 30 heavy (non-hydrogen) atoms. The first-order valence-corrected chi connectivity index (χ1v) is 9.78. The van der Waals surface area contributed by atoms with E-state index in [1.807, 2.05) is 49.4 Å².